The molecule has 0 amide bonds. The van der Waals surface area contributed by atoms with Gasteiger partial charge in [-0.05, 0) is 62.2 Å². The molecule has 0 aliphatic heterocycles. The van der Waals surface area contributed by atoms with Gasteiger partial charge in [-0.2, -0.15) is 8.78 Å². The predicted octanol–water partition coefficient (Wildman–Crippen LogP) is 3.67. The van der Waals surface area contributed by atoms with Gasteiger partial charge in [0.25, 0.3) is 0 Å². The van der Waals surface area contributed by atoms with Gasteiger partial charge in [0.1, 0.15) is 17.8 Å². The smallest absolute Gasteiger partial charge is 0.377 e. The van der Waals surface area contributed by atoms with Crippen molar-refractivity contribution in [2.75, 3.05) is 6.61 Å². The first-order chi connectivity index (χ1) is 16.7. The predicted molar refractivity (Wildman–Crippen MR) is 122 cm³/mol. The number of halogens is 2. The van der Waals surface area contributed by atoms with Crippen molar-refractivity contribution in [3.63, 3.8) is 0 Å². The van der Waals surface area contributed by atoms with Crippen LogP contribution in [0.5, 0.6) is 0 Å². The van der Waals surface area contributed by atoms with Crippen LogP contribution in [-0.4, -0.2) is 62.7 Å². The monoisotopic (exact) mass is 512 g/mol. The number of hydrogen-bond donors (Lipinski definition) is 2. The Bertz CT molecular complexity index is 912. The van der Waals surface area contributed by atoms with Gasteiger partial charge in [0, 0.05) is 45.4 Å². The molecule has 8 aliphatic rings. The Morgan fingerprint density at radius 1 is 0.833 bits per heavy atom. The second-order valence-corrected chi connectivity index (χ2v) is 13.5. The van der Waals surface area contributed by atoms with Crippen molar-refractivity contribution in [1.29, 1.82) is 0 Å². The van der Waals surface area contributed by atoms with Crippen molar-refractivity contribution in [1.82, 2.24) is 0 Å². The zero-order valence-electron chi connectivity index (χ0n) is 21.2. The molecule has 8 bridgehead atoms. The van der Waals surface area contributed by atoms with Gasteiger partial charge in [-0.3, -0.25) is 0 Å². The Hall–Kier alpha value is -1.32. The number of ether oxygens (including phenoxy) is 3. The Kier molecular flexibility index (Phi) is 5.29. The molecule has 7 nitrogen and oxygen atoms in total. The van der Waals surface area contributed by atoms with Crippen LogP contribution in [0.4, 0.5) is 8.78 Å². The summed E-state index contributed by atoms with van der Waals surface area (Å²) in [5.74, 6) is -3.61. The first-order valence-corrected chi connectivity index (χ1v) is 13.6. The van der Waals surface area contributed by atoms with Crippen molar-refractivity contribution in [2.24, 2.45) is 23.7 Å². The van der Waals surface area contributed by atoms with E-state index in [1.165, 1.54) is 6.42 Å². The highest BCUT2D eigenvalue weighted by Gasteiger charge is 2.71. The fourth-order valence-corrected chi connectivity index (χ4v) is 10.1. The van der Waals surface area contributed by atoms with E-state index in [0.29, 0.717) is 18.8 Å². The Morgan fingerprint density at radius 3 is 1.86 bits per heavy atom. The van der Waals surface area contributed by atoms with Gasteiger partial charge < -0.3 is 24.4 Å². The number of carbonyl (C=O) groups is 2. The first-order valence-electron chi connectivity index (χ1n) is 13.6. The van der Waals surface area contributed by atoms with Crippen LogP contribution in [-0.2, 0) is 23.8 Å². The molecule has 0 aromatic heterocycles. The minimum atomic E-state index is -3.69. The normalized spacial score (nSPS) is 50.4. The quantitative estimate of drug-likeness (QED) is 0.502. The summed E-state index contributed by atoms with van der Waals surface area (Å²) < 4.78 is 45.0. The molecule has 202 valence electrons. The molecular weight excluding hydrogens is 474 g/mol. The molecule has 9 heteroatoms. The van der Waals surface area contributed by atoms with Gasteiger partial charge in [-0.25, -0.2) is 9.59 Å². The average Bonchev–Trinajstić information content (AvgIpc) is 2.71. The van der Waals surface area contributed by atoms with E-state index in [9.17, 15) is 28.6 Å². The molecule has 2 unspecified atom stereocenters. The number of hydrogen-bond acceptors (Lipinski definition) is 7. The highest BCUT2D eigenvalue weighted by atomic mass is 19.3. The van der Waals surface area contributed by atoms with Crippen LogP contribution in [0.15, 0.2) is 0 Å². The lowest BCUT2D eigenvalue weighted by Gasteiger charge is -2.66. The number of rotatable bonds is 7. The Balaban J connectivity index is 1.18. The zero-order chi connectivity index (χ0) is 25.8. The third kappa shape index (κ3) is 3.90. The molecule has 8 fully saturated rings. The summed E-state index contributed by atoms with van der Waals surface area (Å²) in [5.41, 5.74) is -5.95. The molecule has 0 saturated heterocycles. The maximum Gasteiger partial charge on any atom is 0.377 e. The maximum absolute atomic E-state index is 13.7. The molecule has 36 heavy (non-hydrogen) atoms. The van der Waals surface area contributed by atoms with Crippen molar-refractivity contribution >= 4 is 11.9 Å². The summed E-state index contributed by atoms with van der Waals surface area (Å²) in [6.07, 6.45) is 6.81. The lowest BCUT2D eigenvalue weighted by Crippen LogP contribution is -2.73. The molecule has 0 spiro atoms. The largest absolute Gasteiger partial charge is 0.457 e. The van der Waals surface area contributed by atoms with Gasteiger partial charge in [-0.1, -0.05) is 6.92 Å². The summed E-state index contributed by atoms with van der Waals surface area (Å²) in [4.78, 5) is 25.3. The highest BCUT2D eigenvalue weighted by Crippen LogP contribution is 2.64. The minimum Gasteiger partial charge on any atom is -0.457 e. The van der Waals surface area contributed by atoms with E-state index in [0.717, 1.165) is 43.9 Å². The van der Waals surface area contributed by atoms with Crippen LogP contribution in [0.2, 0.25) is 0 Å². The van der Waals surface area contributed by atoms with Crippen LogP contribution in [0.25, 0.3) is 0 Å². The van der Waals surface area contributed by atoms with Gasteiger partial charge in [-0.15, -0.1) is 0 Å². The molecule has 8 rings (SSSR count). The third-order valence-corrected chi connectivity index (χ3v) is 10.4. The molecule has 8 saturated carbocycles. The molecule has 0 aromatic rings. The van der Waals surface area contributed by atoms with E-state index in [-0.39, 0.29) is 45.1 Å². The van der Waals surface area contributed by atoms with Crippen molar-refractivity contribution < 1.29 is 42.8 Å². The second kappa shape index (κ2) is 7.63. The van der Waals surface area contributed by atoms with Crippen molar-refractivity contribution in [2.45, 2.75) is 125 Å². The van der Waals surface area contributed by atoms with E-state index in [1.54, 1.807) is 0 Å². The van der Waals surface area contributed by atoms with E-state index in [1.807, 2.05) is 0 Å². The van der Waals surface area contributed by atoms with Crippen LogP contribution in [0.3, 0.4) is 0 Å². The van der Waals surface area contributed by atoms with E-state index < -0.39 is 45.9 Å². The molecular formula is C27H38F2O7. The molecule has 0 heterocycles. The van der Waals surface area contributed by atoms with Crippen LogP contribution in [0.1, 0.15) is 90.9 Å². The number of carbonyl (C=O) groups excluding carboxylic acids is 2. The summed E-state index contributed by atoms with van der Waals surface area (Å²) in [5, 5.41) is 22.4. The lowest BCUT2D eigenvalue weighted by molar-refractivity contribution is -0.314. The average molecular weight is 513 g/mol. The van der Waals surface area contributed by atoms with Gasteiger partial charge in [0.05, 0.1) is 16.8 Å². The Labute approximate surface area is 210 Å². The minimum absolute atomic E-state index is 0.0374. The van der Waals surface area contributed by atoms with Gasteiger partial charge in [0.2, 0.25) is 0 Å². The van der Waals surface area contributed by atoms with E-state index in [4.69, 9.17) is 14.2 Å². The molecule has 0 aromatic carbocycles. The summed E-state index contributed by atoms with van der Waals surface area (Å²) in [6, 6.07) is 0. The van der Waals surface area contributed by atoms with Crippen LogP contribution in [0, 0.1) is 23.7 Å². The van der Waals surface area contributed by atoms with Gasteiger partial charge in [0.15, 0.2) is 0 Å². The van der Waals surface area contributed by atoms with Crippen LogP contribution < -0.4 is 0 Å². The molecule has 0 radical (unpaired) electrons. The third-order valence-electron chi connectivity index (χ3n) is 10.4. The lowest BCUT2D eigenvalue weighted by atomic mass is 9.48. The fourth-order valence-electron chi connectivity index (χ4n) is 10.1. The molecule has 8 aliphatic carbocycles. The number of aliphatic hydroxyl groups is 2. The first kappa shape index (κ1) is 25.0. The highest BCUT2D eigenvalue weighted by molar-refractivity contribution is 5.77. The number of esters is 2. The van der Waals surface area contributed by atoms with Crippen molar-refractivity contribution in [3.05, 3.63) is 0 Å². The Morgan fingerprint density at radius 2 is 1.36 bits per heavy atom. The standard InChI is InChI=1S/C27H38F2O7/c1-3-27(18-5-16-4-17(7-18)8-19(27)6-16)35-20(30)9-34-25-11-23(32)10-24(33,12-25)14-26(13-23,15-25)36-21(31)22(2,28)29/h16-19,32-33H,3-15H2,1-2H3. The maximum atomic E-state index is 13.7. The fraction of sp³-hybridized carbons (Fsp3) is 0.926. The second-order valence-electron chi connectivity index (χ2n) is 13.5. The zero-order valence-corrected chi connectivity index (χ0v) is 21.2. The summed E-state index contributed by atoms with van der Waals surface area (Å²) in [6.45, 7) is 2.20. The summed E-state index contributed by atoms with van der Waals surface area (Å²) in [7, 11) is 0. The van der Waals surface area contributed by atoms with E-state index >= 15 is 0 Å². The topological polar surface area (TPSA) is 102 Å². The summed E-state index contributed by atoms with van der Waals surface area (Å²) >= 11 is 0. The number of alkyl halides is 2. The molecule has 2 N–H and O–H groups in total. The van der Waals surface area contributed by atoms with E-state index in [2.05, 4.69) is 6.92 Å². The van der Waals surface area contributed by atoms with Crippen molar-refractivity contribution in [3.8, 4) is 0 Å². The molecule has 2 atom stereocenters. The van der Waals surface area contributed by atoms with Gasteiger partial charge >= 0.3 is 17.9 Å². The SMILES string of the molecule is CCC1(OC(=O)COC23CC4(O)CC(O)(C2)CC(OC(=O)C(C)(F)F)(C4)C3)C2CC3CC(C2)CC1C3. The van der Waals surface area contributed by atoms with Crippen LogP contribution >= 0.6 is 0 Å².